The highest BCUT2D eigenvalue weighted by molar-refractivity contribution is 7.90. The van der Waals surface area contributed by atoms with E-state index in [1.807, 2.05) is 0 Å². The molecule has 98 valence electrons. The van der Waals surface area contributed by atoms with Gasteiger partial charge in [0.2, 0.25) is 0 Å². The summed E-state index contributed by atoms with van der Waals surface area (Å²) in [4.78, 5) is 4.17. The third-order valence-corrected chi connectivity index (χ3v) is 3.78. The van der Waals surface area contributed by atoms with Gasteiger partial charge in [0.05, 0.1) is 12.4 Å². The maximum atomic E-state index is 11.2. The molecule has 2 aromatic heterocycles. The van der Waals surface area contributed by atoms with Gasteiger partial charge in [0.1, 0.15) is 20.6 Å². The lowest BCUT2D eigenvalue weighted by atomic mass is 10.2. The SMILES string of the molecule is CS(=O)(=O)CCn1ccc2c(CO)cc(Cl)nc21. The molecule has 0 aliphatic carbocycles. The molecule has 7 heteroatoms. The van der Waals surface area contributed by atoms with Crippen LogP contribution in [-0.2, 0) is 23.0 Å². The number of hydrogen-bond acceptors (Lipinski definition) is 4. The van der Waals surface area contributed by atoms with Crippen LogP contribution in [0.25, 0.3) is 11.0 Å². The minimum Gasteiger partial charge on any atom is -0.392 e. The number of aliphatic hydroxyl groups is 1. The molecule has 0 bridgehead atoms. The number of sulfone groups is 1. The molecule has 0 unspecified atom stereocenters. The highest BCUT2D eigenvalue weighted by atomic mass is 35.5. The van der Waals surface area contributed by atoms with Crippen LogP contribution in [0.4, 0.5) is 0 Å². The first-order chi connectivity index (χ1) is 8.40. The lowest BCUT2D eigenvalue weighted by Crippen LogP contribution is -2.10. The van der Waals surface area contributed by atoms with Gasteiger partial charge in [0.25, 0.3) is 0 Å². The fraction of sp³-hybridized carbons (Fsp3) is 0.364. The second kappa shape index (κ2) is 4.87. The van der Waals surface area contributed by atoms with Crippen LogP contribution in [0.2, 0.25) is 5.15 Å². The molecule has 18 heavy (non-hydrogen) atoms. The van der Waals surface area contributed by atoms with Crippen molar-refractivity contribution >= 4 is 32.5 Å². The summed E-state index contributed by atoms with van der Waals surface area (Å²) in [5.74, 6) is 0.0411. The van der Waals surface area contributed by atoms with E-state index in [-0.39, 0.29) is 17.5 Å². The number of pyridine rings is 1. The normalized spacial score (nSPS) is 12.2. The zero-order chi connectivity index (χ0) is 13.3. The average Bonchev–Trinajstić information content (AvgIpc) is 2.67. The fourth-order valence-corrected chi connectivity index (χ4v) is 2.51. The van der Waals surface area contributed by atoms with Crippen molar-refractivity contribution in [1.29, 1.82) is 0 Å². The first kappa shape index (κ1) is 13.3. The third kappa shape index (κ3) is 2.82. The summed E-state index contributed by atoms with van der Waals surface area (Å²) >= 11 is 5.87. The second-order valence-electron chi connectivity index (χ2n) is 4.14. The Bertz CT molecular complexity index is 679. The van der Waals surface area contributed by atoms with Crippen LogP contribution in [0.15, 0.2) is 18.3 Å². The molecule has 1 N–H and O–H groups in total. The molecule has 0 atom stereocenters. The number of aromatic nitrogens is 2. The van der Waals surface area contributed by atoms with Crippen LogP contribution in [0.1, 0.15) is 5.56 Å². The molecule has 2 aromatic rings. The summed E-state index contributed by atoms with van der Waals surface area (Å²) in [5, 5.41) is 10.3. The minimum absolute atomic E-state index is 0.0411. The summed E-state index contributed by atoms with van der Waals surface area (Å²) in [6, 6.07) is 3.40. The van der Waals surface area contributed by atoms with E-state index in [0.29, 0.717) is 17.8 Å². The monoisotopic (exact) mass is 288 g/mol. The summed E-state index contributed by atoms with van der Waals surface area (Å²) in [6.07, 6.45) is 2.94. The van der Waals surface area contributed by atoms with E-state index < -0.39 is 9.84 Å². The average molecular weight is 289 g/mol. The smallest absolute Gasteiger partial charge is 0.149 e. The number of aryl methyl sites for hydroxylation is 1. The molecular formula is C11H13ClN2O3S. The first-order valence-corrected chi connectivity index (χ1v) is 7.77. The summed E-state index contributed by atoms with van der Waals surface area (Å²) < 4.78 is 24.0. The van der Waals surface area contributed by atoms with Gasteiger partial charge in [-0.15, -0.1) is 0 Å². The Morgan fingerprint density at radius 3 is 2.83 bits per heavy atom. The number of halogens is 1. The van der Waals surface area contributed by atoms with Gasteiger partial charge in [0, 0.05) is 24.4 Å². The van der Waals surface area contributed by atoms with Gasteiger partial charge in [0.15, 0.2) is 0 Å². The Kier molecular flexibility index (Phi) is 3.61. The summed E-state index contributed by atoms with van der Waals surface area (Å²) in [7, 11) is -3.03. The minimum atomic E-state index is -3.03. The Morgan fingerprint density at radius 1 is 1.50 bits per heavy atom. The van der Waals surface area contributed by atoms with Crippen molar-refractivity contribution in [3.8, 4) is 0 Å². The van der Waals surface area contributed by atoms with Crippen LogP contribution < -0.4 is 0 Å². The quantitative estimate of drug-likeness (QED) is 0.859. The third-order valence-electron chi connectivity index (χ3n) is 2.66. The Balaban J connectivity index is 2.44. The number of aliphatic hydroxyl groups excluding tert-OH is 1. The van der Waals surface area contributed by atoms with Gasteiger partial charge < -0.3 is 9.67 Å². The van der Waals surface area contributed by atoms with E-state index in [2.05, 4.69) is 4.98 Å². The Hall–Kier alpha value is -1.11. The second-order valence-corrected chi connectivity index (χ2v) is 6.79. The molecule has 0 aliphatic rings. The van der Waals surface area contributed by atoms with Crippen LogP contribution in [0, 0.1) is 0 Å². The molecule has 0 saturated carbocycles. The van der Waals surface area contributed by atoms with Crippen molar-refractivity contribution in [1.82, 2.24) is 9.55 Å². The van der Waals surface area contributed by atoms with Crippen LogP contribution in [0.5, 0.6) is 0 Å². The largest absolute Gasteiger partial charge is 0.392 e. The Labute approximate surface area is 110 Å². The predicted octanol–water partition coefficient (Wildman–Crippen LogP) is 1.23. The van der Waals surface area contributed by atoms with Gasteiger partial charge in [-0.2, -0.15) is 0 Å². The number of nitrogens with zero attached hydrogens (tertiary/aromatic N) is 2. The number of fused-ring (bicyclic) bond motifs is 1. The highest BCUT2D eigenvalue weighted by Gasteiger charge is 2.10. The van der Waals surface area contributed by atoms with E-state index in [9.17, 15) is 13.5 Å². The topological polar surface area (TPSA) is 72.2 Å². The van der Waals surface area contributed by atoms with Crippen molar-refractivity contribution in [2.24, 2.45) is 0 Å². The van der Waals surface area contributed by atoms with Gasteiger partial charge in [-0.3, -0.25) is 0 Å². The van der Waals surface area contributed by atoms with E-state index in [1.165, 1.54) is 6.26 Å². The Morgan fingerprint density at radius 2 is 2.22 bits per heavy atom. The molecule has 0 spiro atoms. The van der Waals surface area contributed by atoms with E-state index >= 15 is 0 Å². The maximum absolute atomic E-state index is 11.2. The zero-order valence-corrected chi connectivity index (χ0v) is 11.4. The van der Waals surface area contributed by atoms with Crippen LogP contribution in [0.3, 0.4) is 0 Å². The first-order valence-electron chi connectivity index (χ1n) is 5.33. The molecule has 0 amide bonds. The molecule has 5 nitrogen and oxygen atoms in total. The lowest BCUT2D eigenvalue weighted by molar-refractivity contribution is 0.283. The van der Waals surface area contributed by atoms with Gasteiger partial charge in [-0.1, -0.05) is 11.6 Å². The number of rotatable bonds is 4. The van der Waals surface area contributed by atoms with E-state index in [0.717, 1.165) is 5.39 Å². The van der Waals surface area contributed by atoms with Crippen LogP contribution >= 0.6 is 11.6 Å². The fourth-order valence-electron chi connectivity index (χ4n) is 1.77. The van der Waals surface area contributed by atoms with Crippen molar-refractivity contribution in [3.63, 3.8) is 0 Å². The van der Waals surface area contributed by atoms with E-state index in [4.69, 9.17) is 11.6 Å². The molecule has 0 saturated heterocycles. The summed E-state index contributed by atoms with van der Waals surface area (Å²) in [6.45, 7) is 0.190. The maximum Gasteiger partial charge on any atom is 0.149 e. The lowest BCUT2D eigenvalue weighted by Gasteiger charge is -2.05. The van der Waals surface area contributed by atoms with Gasteiger partial charge in [-0.25, -0.2) is 13.4 Å². The molecule has 0 aliphatic heterocycles. The zero-order valence-electron chi connectivity index (χ0n) is 9.80. The van der Waals surface area contributed by atoms with Crippen molar-refractivity contribution in [3.05, 3.63) is 29.0 Å². The van der Waals surface area contributed by atoms with Gasteiger partial charge >= 0.3 is 0 Å². The van der Waals surface area contributed by atoms with E-state index in [1.54, 1.807) is 22.9 Å². The molecule has 0 radical (unpaired) electrons. The molecule has 0 fully saturated rings. The number of hydrogen-bond donors (Lipinski definition) is 1. The van der Waals surface area contributed by atoms with Crippen molar-refractivity contribution in [2.45, 2.75) is 13.2 Å². The summed E-state index contributed by atoms with van der Waals surface area (Å²) in [5.41, 5.74) is 1.28. The molecule has 2 heterocycles. The molecule has 2 rings (SSSR count). The standard InChI is InChI=1S/C11H13ClN2O3S/c1-18(16,17)5-4-14-3-2-9-8(7-15)6-10(12)13-11(9)14/h2-3,6,15H,4-5,7H2,1H3. The van der Waals surface area contributed by atoms with Crippen molar-refractivity contribution in [2.75, 3.05) is 12.0 Å². The molecular weight excluding hydrogens is 276 g/mol. The van der Waals surface area contributed by atoms with Crippen molar-refractivity contribution < 1.29 is 13.5 Å². The highest BCUT2D eigenvalue weighted by Crippen LogP contribution is 2.22. The van der Waals surface area contributed by atoms with Crippen LogP contribution in [-0.4, -0.2) is 35.1 Å². The van der Waals surface area contributed by atoms with Gasteiger partial charge in [-0.05, 0) is 17.7 Å². The predicted molar refractivity (Wildman–Crippen MR) is 70.4 cm³/mol. The molecule has 0 aromatic carbocycles.